The van der Waals surface area contributed by atoms with Crippen molar-refractivity contribution in [3.63, 3.8) is 0 Å². The number of urea groups is 1. The second-order valence-corrected chi connectivity index (χ2v) is 7.42. The fraction of sp³-hybridized carbons (Fsp3) is 0.333. The molecular weight excluding hydrogens is 435 g/mol. The van der Waals surface area contributed by atoms with E-state index >= 15 is 0 Å². The summed E-state index contributed by atoms with van der Waals surface area (Å²) in [6.45, 7) is -3.11. The van der Waals surface area contributed by atoms with Crippen molar-refractivity contribution in [2.75, 3.05) is 7.05 Å². The Hall–Kier alpha value is -2.73. The predicted octanol–water partition coefficient (Wildman–Crippen LogP) is 3.80. The van der Waals surface area contributed by atoms with Gasteiger partial charge in [0.25, 0.3) is 5.72 Å². The summed E-state index contributed by atoms with van der Waals surface area (Å²) in [5.74, 6) is -3.46. The molecule has 0 spiro atoms. The molecule has 3 atom stereocenters. The average molecular weight is 450 g/mol. The molecule has 1 aromatic carbocycles. The fourth-order valence-electron chi connectivity index (χ4n) is 3.31. The normalized spacial score (nSPS) is 24.7. The highest BCUT2D eigenvalue weighted by atomic mass is 32.1. The van der Waals surface area contributed by atoms with Gasteiger partial charge in [-0.1, -0.05) is 18.2 Å². The van der Waals surface area contributed by atoms with Crippen LogP contribution in [0, 0.1) is 5.92 Å². The Kier molecular flexibility index (Phi) is 5.74. The highest BCUT2D eigenvalue weighted by Gasteiger charge is 2.69. The van der Waals surface area contributed by atoms with Gasteiger partial charge in [-0.15, -0.1) is 11.3 Å². The third kappa shape index (κ3) is 3.72. The molecule has 1 aliphatic rings. The maximum atomic E-state index is 14.0. The van der Waals surface area contributed by atoms with Gasteiger partial charge in [-0.2, -0.15) is 22.0 Å². The molecule has 2 amide bonds. The van der Waals surface area contributed by atoms with Crippen molar-refractivity contribution in [2.24, 2.45) is 5.92 Å². The largest absolute Gasteiger partial charge is 0.437 e. The zero-order valence-corrected chi connectivity index (χ0v) is 16.0. The molecule has 1 aromatic heterocycles. The summed E-state index contributed by atoms with van der Waals surface area (Å²) in [6, 6.07) is 4.31. The summed E-state index contributed by atoms with van der Waals surface area (Å²) in [4.78, 5) is 25.2. The molecule has 2 aromatic rings. The number of thiophene rings is 1. The smallest absolute Gasteiger partial charge is 0.435 e. The van der Waals surface area contributed by atoms with E-state index in [1.54, 1.807) is 0 Å². The lowest BCUT2D eigenvalue weighted by atomic mass is 9.78. The number of hydrogen-bond acceptors (Lipinski definition) is 5. The van der Waals surface area contributed by atoms with Crippen molar-refractivity contribution in [3.8, 4) is 5.75 Å². The molecule has 162 valence electrons. The second kappa shape index (κ2) is 7.84. The van der Waals surface area contributed by atoms with E-state index in [9.17, 15) is 36.6 Å². The lowest BCUT2D eigenvalue weighted by molar-refractivity contribution is -0.322. The molecule has 2 heterocycles. The number of halogens is 5. The molecule has 12 heteroatoms. The van der Waals surface area contributed by atoms with Gasteiger partial charge in [0.1, 0.15) is 11.7 Å². The van der Waals surface area contributed by atoms with Crippen LogP contribution in [0.1, 0.15) is 21.3 Å². The first-order chi connectivity index (χ1) is 14.0. The molecule has 6 nitrogen and oxygen atoms in total. The first-order valence-electron chi connectivity index (χ1n) is 8.42. The van der Waals surface area contributed by atoms with Crippen LogP contribution in [0.4, 0.5) is 26.7 Å². The number of alkyl halides is 5. The van der Waals surface area contributed by atoms with E-state index in [0.717, 1.165) is 42.6 Å². The first-order valence-corrected chi connectivity index (χ1v) is 9.30. The molecule has 3 rings (SSSR count). The van der Waals surface area contributed by atoms with E-state index < -0.39 is 42.3 Å². The minimum Gasteiger partial charge on any atom is -0.435 e. The van der Waals surface area contributed by atoms with E-state index in [1.807, 2.05) is 0 Å². The van der Waals surface area contributed by atoms with E-state index in [-0.39, 0.29) is 21.1 Å². The maximum absolute atomic E-state index is 14.0. The number of rotatable bonds is 5. The SMILES string of the molecule is CN1C(=O)N[C@@H](c2ccc(OC(F)F)cc2)[C@@H](C(=O)c2cccs2)[C@@]1(O)C(F)(F)F. The summed E-state index contributed by atoms with van der Waals surface area (Å²) < 4.78 is 70.8. The molecule has 0 unspecified atom stereocenters. The quantitative estimate of drug-likeness (QED) is 0.537. The Balaban J connectivity index is 2.11. The van der Waals surface area contributed by atoms with Crippen molar-refractivity contribution >= 4 is 23.2 Å². The summed E-state index contributed by atoms with van der Waals surface area (Å²) >= 11 is 0.882. The Morgan fingerprint density at radius 3 is 2.40 bits per heavy atom. The van der Waals surface area contributed by atoms with E-state index in [1.165, 1.54) is 17.5 Å². The number of benzene rings is 1. The van der Waals surface area contributed by atoms with Crippen molar-refractivity contribution in [1.82, 2.24) is 10.2 Å². The zero-order chi connectivity index (χ0) is 22.3. The lowest BCUT2D eigenvalue weighted by Gasteiger charge is -2.49. The third-order valence-electron chi connectivity index (χ3n) is 4.79. The second-order valence-electron chi connectivity index (χ2n) is 6.48. The number of nitrogens with zero attached hydrogens (tertiary/aromatic N) is 1. The molecule has 1 saturated heterocycles. The van der Waals surface area contributed by atoms with Gasteiger partial charge < -0.3 is 15.2 Å². The molecule has 1 aliphatic heterocycles. The number of ether oxygens (including phenoxy) is 1. The molecule has 30 heavy (non-hydrogen) atoms. The fourth-order valence-corrected chi connectivity index (χ4v) is 4.02. The van der Waals surface area contributed by atoms with Crippen LogP contribution >= 0.6 is 11.3 Å². The number of ketones is 1. The van der Waals surface area contributed by atoms with Gasteiger partial charge in [0.2, 0.25) is 0 Å². The van der Waals surface area contributed by atoms with Gasteiger partial charge in [0.05, 0.1) is 10.9 Å². The van der Waals surface area contributed by atoms with Gasteiger partial charge in [-0.3, -0.25) is 9.69 Å². The van der Waals surface area contributed by atoms with Gasteiger partial charge in [0.15, 0.2) is 5.78 Å². The standard InChI is InChI=1S/C18H15F5N2O4S/c1-25-16(27)24-13(9-4-6-10(7-5-9)29-15(19)20)12(17(25,28)18(21,22)23)14(26)11-3-2-8-30-11/h2-8,12-13,15,28H,1H3,(H,24,27)/t12-,13-,17+/m0/s1. The Morgan fingerprint density at radius 2 is 1.90 bits per heavy atom. The average Bonchev–Trinajstić information content (AvgIpc) is 3.19. The van der Waals surface area contributed by atoms with Crippen molar-refractivity contribution in [2.45, 2.75) is 24.6 Å². The van der Waals surface area contributed by atoms with Crippen LogP contribution < -0.4 is 10.1 Å². The molecule has 2 N–H and O–H groups in total. The predicted molar refractivity (Wildman–Crippen MR) is 95.3 cm³/mol. The minimum absolute atomic E-state index is 0.00403. The van der Waals surface area contributed by atoms with Gasteiger partial charge in [-0.05, 0) is 29.1 Å². The van der Waals surface area contributed by atoms with Crippen LogP contribution in [0.5, 0.6) is 5.75 Å². The number of nitrogens with one attached hydrogen (secondary N) is 1. The molecule has 0 saturated carbocycles. The number of hydrogen-bond donors (Lipinski definition) is 2. The number of carbonyl (C=O) groups excluding carboxylic acids is 2. The van der Waals surface area contributed by atoms with Crippen LogP contribution in [0.2, 0.25) is 0 Å². The van der Waals surface area contributed by atoms with Gasteiger partial charge in [0, 0.05) is 7.05 Å². The van der Waals surface area contributed by atoms with E-state index in [4.69, 9.17) is 0 Å². The van der Waals surface area contributed by atoms with Crippen LogP contribution in [0.25, 0.3) is 0 Å². The maximum Gasteiger partial charge on any atom is 0.437 e. The van der Waals surface area contributed by atoms with Gasteiger partial charge >= 0.3 is 18.8 Å². The zero-order valence-electron chi connectivity index (χ0n) is 15.2. The molecule has 0 bridgehead atoms. The molecule has 1 fully saturated rings. The van der Waals surface area contributed by atoms with Gasteiger partial charge in [-0.25, -0.2) is 4.79 Å². The number of aliphatic hydroxyl groups is 1. The van der Waals surface area contributed by atoms with Crippen molar-refractivity contribution in [1.29, 1.82) is 0 Å². The third-order valence-corrected chi connectivity index (χ3v) is 5.67. The molecule has 0 aliphatic carbocycles. The summed E-state index contributed by atoms with van der Waals surface area (Å²) in [5, 5.41) is 14.4. The Labute approximate surface area is 170 Å². The van der Waals surface area contributed by atoms with Crippen LogP contribution in [0.15, 0.2) is 41.8 Å². The monoisotopic (exact) mass is 450 g/mol. The number of carbonyl (C=O) groups is 2. The topological polar surface area (TPSA) is 78.9 Å². The summed E-state index contributed by atoms with van der Waals surface area (Å²) in [6.07, 6.45) is -5.37. The minimum atomic E-state index is -5.37. The van der Waals surface area contributed by atoms with Crippen molar-refractivity contribution < 1.29 is 41.4 Å². The van der Waals surface area contributed by atoms with Crippen LogP contribution in [-0.2, 0) is 0 Å². The van der Waals surface area contributed by atoms with Crippen molar-refractivity contribution in [3.05, 3.63) is 52.2 Å². The van der Waals surface area contributed by atoms with E-state index in [0.29, 0.717) is 0 Å². The highest BCUT2D eigenvalue weighted by molar-refractivity contribution is 7.12. The Bertz CT molecular complexity index is 920. The summed E-state index contributed by atoms with van der Waals surface area (Å²) in [5.41, 5.74) is -3.81. The van der Waals surface area contributed by atoms with Crippen LogP contribution in [-0.4, -0.2) is 47.4 Å². The lowest BCUT2D eigenvalue weighted by Crippen LogP contribution is -2.72. The molecular formula is C18H15F5N2O4S. The van der Waals surface area contributed by atoms with Crippen LogP contribution in [0.3, 0.4) is 0 Å². The first kappa shape index (κ1) is 22.0. The van der Waals surface area contributed by atoms with E-state index in [2.05, 4.69) is 10.1 Å². The Morgan fingerprint density at radius 1 is 1.27 bits per heavy atom. The number of amides is 2. The summed E-state index contributed by atoms with van der Waals surface area (Å²) in [7, 11) is 0.729. The number of Topliss-reactive ketones (excluding diaryl/α,β-unsaturated/α-hetero) is 1. The highest BCUT2D eigenvalue weighted by Crippen LogP contribution is 2.48. The molecule has 0 radical (unpaired) electrons.